The van der Waals surface area contributed by atoms with Crippen LogP contribution in [0.15, 0.2) is 36.4 Å². The van der Waals surface area contributed by atoms with Gasteiger partial charge in [-0.05, 0) is 61.8 Å². The van der Waals surface area contributed by atoms with Crippen molar-refractivity contribution in [2.24, 2.45) is 34.4 Å². The Morgan fingerprint density at radius 1 is 0.351 bits per heavy atom. The maximum absolute atomic E-state index is 10.5. The minimum atomic E-state index is -1.79. The zero-order chi connectivity index (χ0) is 41.1. The van der Waals surface area contributed by atoms with Crippen LogP contribution >= 0.6 is 0 Å². The van der Waals surface area contributed by atoms with Crippen molar-refractivity contribution in [1.82, 2.24) is 0 Å². The van der Waals surface area contributed by atoms with Crippen LogP contribution in [0.3, 0.4) is 0 Å². The molecule has 0 aromatic heterocycles. The molecule has 21 heteroatoms. The van der Waals surface area contributed by atoms with E-state index in [4.69, 9.17) is 34.4 Å². The Kier molecular flexibility index (Phi) is 30.9. The van der Waals surface area contributed by atoms with E-state index < -0.39 is 69.2 Å². The molecule has 3 saturated carbocycles. The number of rotatable bonds is 6. The number of hydrogen-bond acceptors (Lipinski definition) is 18. The molecule has 6 unspecified atom stereocenters. The molecule has 2 aromatic carbocycles. The van der Waals surface area contributed by atoms with Crippen LogP contribution in [0.4, 0.5) is 0 Å². The number of benzene rings is 2. The fraction of sp³-hybridized carbons (Fsp3) is 0.500. The number of carboxylic acids is 6. The van der Waals surface area contributed by atoms with Crippen molar-refractivity contribution in [2.75, 3.05) is 0 Å². The van der Waals surface area contributed by atoms with Crippen LogP contribution in [0.2, 0.25) is 0 Å². The topological polar surface area (TPSA) is 397 Å². The van der Waals surface area contributed by atoms with E-state index in [1.807, 2.05) is 0 Å². The molecule has 5 rings (SSSR count). The van der Waals surface area contributed by atoms with Crippen LogP contribution < -0.4 is 65.0 Å². The summed E-state index contributed by atoms with van der Waals surface area (Å²) in [4.78, 5) is 62.6. The Balaban J connectivity index is -0.000000650. The average Bonchev–Trinajstić information content (AvgIpc) is 3.12. The molecule has 2 aromatic rings. The molecule has 324 valence electrons. The predicted molar refractivity (Wildman–Crippen MR) is 182 cm³/mol. The van der Waals surface area contributed by atoms with Gasteiger partial charge in [0.2, 0.25) is 0 Å². The first kappa shape index (κ1) is 58.4. The molecule has 12 N–H and O–H groups in total. The zero-order valence-corrected chi connectivity index (χ0v) is 37.5. The Hall–Kier alpha value is -2.92. The third-order valence-corrected chi connectivity index (χ3v) is 9.01. The van der Waals surface area contributed by atoms with E-state index in [1.54, 1.807) is 0 Å². The van der Waals surface area contributed by atoms with Crippen molar-refractivity contribution in [3.8, 4) is 0 Å². The number of nitrogens with two attached hydrogens (primary N) is 6. The van der Waals surface area contributed by atoms with Gasteiger partial charge in [0.15, 0.2) is 0 Å². The molecule has 0 radical (unpaired) electrons. The van der Waals surface area contributed by atoms with E-state index in [0.717, 1.165) is 62.8 Å². The second-order valence-corrected chi connectivity index (χ2v) is 13.1. The molecule has 3 aliphatic rings. The van der Waals surface area contributed by atoms with Gasteiger partial charge in [0.05, 0.1) is 35.8 Å². The van der Waals surface area contributed by atoms with Crippen molar-refractivity contribution < 1.29 is 123 Å². The molecule has 3 aliphatic carbocycles. The minimum Gasteiger partial charge on any atom is -0.545 e. The molecule has 0 amide bonds. The van der Waals surface area contributed by atoms with Gasteiger partial charge in [-0.25, -0.2) is 0 Å². The first-order valence-electron chi connectivity index (χ1n) is 17.4. The summed E-state index contributed by atoms with van der Waals surface area (Å²) in [6.07, 6.45) is 14.4. The molecule has 0 spiro atoms. The Bertz CT molecular complexity index is 1440. The van der Waals surface area contributed by atoms with Gasteiger partial charge in [0.1, 0.15) is 0 Å². The second-order valence-electron chi connectivity index (χ2n) is 13.1. The summed E-state index contributed by atoms with van der Waals surface area (Å²) in [6.45, 7) is 0. The van der Waals surface area contributed by atoms with Crippen molar-refractivity contribution in [2.45, 2.75) is 113 Å². The molecule has 0 saturated heterocycles. The van der Waals surface area contributed by atoms with E-state index in [0.29, 0.717) is 12.1 Å². The number of hydrogen-bond donors (Lipinski definition) is 6. The minimum absolute atomic E-state index is 0. The van der Waals surface area contributed by atoms with Gasteiger partial charge in [-0.1, -0.05) is 62.8 Å². The Morgan fingerprint density at radius 3 is 0.684 bits per heavy atom. The van der Waals surface area contributed by atoms with E-state index in [9.17, 15) is 59.4 Å². The summed E-state index contributed by atoms with van der Waals surface area (Å²) in [6, 6.07) is 6.43. The molecule has 18 nitrogen and oxygen atoms in total. The van der Waals surface area contributed by atoms with Crippen molar-refractivity contribution >= 4 is 35.8 Å². The zero-order valence-electron chi connectivity index (χ0n) is 30.7. The van der Waals surface area contributed by atoms with Gasteiger partial charge >= 0.3 is 63.2 Å². The van der Waals surface area contributed by atoms with Gasteiger partial charge in [0.25, 0.3) is 0 Å². The normalized spacial score (nSPS) is 21.8. The van der Waals surface area contributed by atoms with Crippen molar-refractivity contribution in [1.29, 1.82) is 0 Å². The van der Waals surface area contributed by atoms with Crippen LogP contribution in [-0.4, -0.2) is 72.1 Å². The fourth-order valence-corrected chi connectivity index (χ4v) is 5.60. The molecule has 0 bridgehead atoms. The van der Waals surface area contributed by atoms with Crippen LogP contribution in [0.1, 0.15) is 139 Å². The monoisotopic (exact) mass is 1340 g/mol. The van der Waals surface area contributed by atoms with E-state index in [-0.39, 0.29) is 99.4 Å². The third kappa shape index (κ3) is 21.6. The largest absolute Gasteiger partial charge is 2.00 e. The van der Waals surface area contributed by atoms with Crippen molar-refractivity contribution in [3.05, 3.63) is 69.8 Å². The Labute approximate surface area is 373 Å². The summed E-state index contributed by atoms with van der Waals surface area (Å²) in [5.41, 5.74) is 30.2. The summed E-state index contributed by atoms with van der Waals surface area (Å²) in [5, 5.41) is 62.6. The maximum atomic E-state index is 10.5. The number of carbonyl (C=O) groups excluding carboxylic acids is 6. The molecular weight excluding hydrogens is 1290 g/mol. The fourth-order valence-electron chi connectivity index (χ4n) is 5.60. The van der Waals surface area contributed by atoms with Gasteiger partial charge in [-0.3, -0.25) is 0 Å². The molecule has 0 heterocycles. The maximum Gasteiger partial charge on any atom is 2.00 e. The number of carboxylic acid groups (broad SMARTS) is 6. The summed E-state index contributed by atoms with van der Waals surface area (Å²) < 4.78 is 0. The quantitative estimate of drug-likeness (QED) is 0.157. The standard InChI is InChI=1S/2C9H6O6.3C6H14N2.3Pt/c2*10-7(11)4-1-2-5(8(12)13)6(3-4)9(14)15;3*7-5-3-1-2-4-6(5)8;;;/h2*1-3H,(H,10,11)(H,12,13)(H,14,15);3*5-6H,1-4,7-8H2;;;/q;;;;;3*+2/p-6. The summed E-state index contributed by atoms with van der Waals surface area (Å²) in [7, 11) is 0. The molecule has 6 atom stereocenters. The van der Waals surface area contributed by atoms with Crippen LogP contribution in [0, 0.1) is 0 Å². The molecule has 3 fully saturated rings. The Morgan fingerprint density at radius 2 is 0.544 bits per heavy atom. The summed E-state index contributed by atoms with van der Waals surface area (Å²) >= 11 is 0. The first-order valence-corrected chi connectivity index (χ1v) is 17.4. The average molecular weight is 1340 g/mol. The predicted octanol–water partition coefficient (Wildman–Crippen LogP) is -5.81. The van der Waals surface area contributed by atoms with Gasteiger partial charge < -0.3 is 93.8 Å². The van der Waals surface area contributed by atoms with E-state index in [1.165, 1.54) is 38.5 Å². The van der Waals surface area contributed by atoms with Crippen LogP contribution in [0.5, 0.6) is 0 Å². The SMILES string of the molecule is NC1CCCCC1N.NC1CCCCC1N.NC1CCCCC1N.O=C([O-])c1ccc(C(=O)[O-])c(C(=O)[O-])c1.O=C([O-])c1ccc(C(=O)[O-])c(C(=O)[O-])c1.[Pt+2].[Pt+2].[Pt+2]. The van der Waals surface area contributed by atoms with E-state index in [2.05, 4.69) is 0 Å². The van der Waals surface area contributed by atoms with Gasteiger partial charge in [0, 0.05) is 58.5 Å². The molecule has 0 aliphatic heterocycles. The van der Waals surface area contributed by atoms with Crippen LogP contribution in [0.25, 0.3) is 0 Å². The first-order chi connectivity index (χ1) is 25.3. The second kappa shape index (κ2) is 30.2. The number of aromatic carboxylic acids is 6. The van der Waals surface area contributed by atoms with E-state index >= 15 is 0 Å². The molecular formula is C36H48N6O12Pt3. The van der Waals surface area contributed by atoms with Gasteiger partial charge in [-0.15, -0.1) is 0 Å². The summed E-state index contributed by atoms with van der Waals surface area (Å²) in [5.74, 6) is -10.3. The van der Waals surface area contributed by atoms with Crippen LogP contribution in [-0.2, 0) is 63.2 Å². The van der Waals surface area contributed by atoms with Gasteiger partial charge in [-0.2, -0.15) is 0 Å². The van der Waals surface area contributed by atoms with Crippen molar-refractivity contribution in [3.63, 3.8) is 0 Å². The third-order valence-electron chi connectivity index (χ3n) is 9.01. The number of carbonyl (C=O) groups is 6. The molecule has 57 heavy (non-hydrogen) atoms. The smallest absolute Gasteiger partial charge is 0.545 e.